The highest BCUT2D eigenvalue weighted by atomic mass is 35.5. The fourth-order valence-electron chi connectivity index (χ4n) is 2.43. The third-order valence-corrected chi connectivity index (χ3v) is 7.02. The van der Waals surface area contributed by atoms with Crippen molar-refractivity contribution in [3.8, 4) is 0 Å². The number of likely N-dealkylation sites (N-methyl/N-ethyl adjacent to an activating group) is 1. The van der Waals surface area contributed by atoms with Crippen LogP contribution in [0, 0.1) is 20.8 Å². The maximum Gasteiger partial charge on any atom is 0.252 e. The smallest absolute Gasteiger partial charge is 0.252 e. The van der Waals surface area contributed by atoms with Crippen molar-refractivity contribution in [1.82, 2.24) is 4.31 Å². The van der Waals surface area contributed by atoms with Crippen molar-refractivity contribution in [1.29, 1.82) is 0 Å². The summed E-state index contributed by atoms with van der Waals surface area (Å²) in [5, 5.41) is 2.80. The second-order valence-corrected chi connectivity index (χ2v) is 9.63. The largest absolute Gasteiger partial charge is 0.324 e. The topological polar surface area (TPSA) is 66.5 Å². The molecule has 0 aliphatic rings. The number of hydrogen-bond acceptors (Lipinski definition) is 4. The average Bonchev–Trinajstić information content (AvgIpc) is 2.90. The number of nitrogens with one attached hydrogen (secondary N) is 1. The SMILES string of the molecule is Cc1cc(C)c(NC(=O)CN(C)S(=O)(=O)c2ccc(Cl)s2)c(C)c1. The van der Waals surface area contributed by atoms with Crippen molar-refractivity contribution < 1.29 is 13.2 Å². The summed E-state index contributed by atoms with van der Waals surface area (Å²) in [5.41, 5.74) is 3.71. The van der Waals surface area contributed by atoms with Gasteiger partial charge in [0, 0.05) is 12.7 Å². The van der Waals surface area contributed by atoms with Gasteiger partial charge in [-0.05, 0) is 44.0 Å². The first kappa shape index (κ1) is 18.9. The van der Waals surface area contributed by atoms with E-state index in [2.05, 4.69) is 5.32 Å². The Kier molecular flexibility index (Phi) is 5.70. The lowest BCUT2D eigenvalue weighted by atomic mass is 10.1. The number of aryl methyl sites for hydroxylation is 3. The molecule has 0 radical (unpaired) electrons. The third-order valence-electron chi connectivity index (χ3n) is 3.52. The van der Waals surface area contributed by atoms with Crippen LogP contribution in [0.4, 0.5) is 5.69 Å². The van der Waals surface area contributed by atoms with Gasteiger partial charge in [0.2, 0.25) is 5.91 Å². The second-order valence-electron chi connectivity index (χ2n) is 5.64. The molecule has 0 atom stereocenters. The van der Waals surface area contributed by atoms with Crippen molar-refractivity contribution in [2.75, 3.05) is 18.9 Å². The zero-order chi connectivity index (χ0) is 18.1. The van der Waals surface area contributed by atoms with Crippen LogP contribution >= 0.6 is 22.9 Å². The summed E-state index contributed by atoms with van der Waals surface area (Å²) in [5.74, 6) is -0.390. The first-order chi connectivity index (χ1) is 11.1. The van der Waals surface area contributed by atoms with E-state index in [4.69, 9.17) is 11.6 Å². The minimum Gasteiger partial charge on any atom is -0.324 e. The number of nitrogens with zero attached hydrogens (tertiary/aromatic N) is 1. The zero-order valence-electron chi connectivity index (χ0n) is 13.9. The van der Waals surface area contributed by atoms with Gasteiger partial charge in [-0.3, -0.25) is 4.79 Å². The van der Waals surface area contributed by atoms with E-state index >= 15 is 0 Å². The van der Waals surface area contributed by atoms with Crippen LogP contribution in [0.3, 0.4) is 0 Å². The van der Waals surface area contributed by atoms with Gasteiger partial charge in [-0.1, -0.05) is 29.3 Å². The van der Waals surface area contributed by atoms with E-state index in [0.717, 1.165) is 38.0 Å². The van der Waals surface area contributed by atoms with E-state index in [-0.39, 0.29) is 10.8 Å². The summed E-state index contributed by atoms with van der Waals surface area (Å²) >= 11 is 6.75. The number of anilines is 1. The molecule has 5 nitrogen and oxygen atoms in total. The molecule has 0 bridgehead atoms. The molecule has 1 N–H and O–H groups in total. The molecule has 1 amide bonds. The normalized spacial score (nSPS) is 11.8. The molecular formula is C16H19ClN2O3S2. The molecule has 0 aliphatic carbocycles. The Morgan fingerprint density at radius 1 is 1.21 bits per heavy atom. The molecule has 24 heavy (non-hydrogen) atoms. The van der Waals surface area contributed by atoms with Crippen molar-refractivity contribution in [2.24, 2.45) is 0 Å². The van der Waals surface area contributed by atoms with Crippen LogP contribution in [0.15, 0.2) is 28.5 Å². The molecule has 0 aliphatic heterocycles. The molecule has 1 heterocycles. The molecule has 130 valence electrons. The van der Waals surface area contributed by atoms with Gasteiger partial charge in [-0.25, -0.2) is 8.42 Å². The molecule has 1 aromatic carbocycles. The number of carbonyl (C=O) groups excluding carboxylic acids is 1. The highest BCUT2D eigenvalue weighted by Crippen LogP contribution is 2.27. The molecule has 2 rings (SSSR count). The van der Waals surface area contributed by atoms with Gasteiger partial charge in [0.15, 0.2) is 0 Å². The lowest BCUT2D eigenvalue weighted by Crippen LogP contribution is -2.34. The molecule has 2 aromatic rings. The summed E-state index contributed by atoms with van der Waals surface area (Å²) in [4.78, 5) is 12.3. The fourth-order valence-corrected chi connectivity index (χ4v) is 5.25. The first-order valence-corrected chi connectivity index (χ1v) is 9.84. The van der Waals surface area contributed by atoms with Crippen LogP contribution in [0.2, 0.25) is 4.34 Å². The summed E-state index contributed by atoms with van der Waals surface area (Å²) in [6, 6.07) is 6.89. The average molecular weight is 387 g/mol. The summed E-state index contributed by atoms with van der Waals surface area (Å²) in [6.45, 7) is 5.52. The Morgan fingerprint density at radius 3 is 2.29 bits per heavy atom. The Bertz CT molecular complexity index is 852. The van der Waals surface area contributed by atoms with Crippen molar-refractivity contribution in [3.05, 3.63) is 45.3 Å². The number of thiophene rings is 1. The molecule has 0 saturated carbocycles. The number of carbonyl (C=O) groups is 1. The Labute approximate surface area is 151 Å². The van der Waals surface area contributed by atoms with Crippen LogP contribution < -0.4 is 5.32 Å². The zero-order valence-corrected chi connectivity index (χ0v) is 16.3. The van der Waals surface area contributed by atoms with E-state index in [0.29, 0.717) is 4.34 Å². The van der Waals surface area contributed by atoms with E-state index in [1.54, 1.807) is 0 Å². The van der Waals surface area contributed by atoms with E-state index in [1.807, 2.05) is 32.9 Å². The predicted octanol–water partition coefficient (Wildman–Crippen LogP) is 3.59. The molecule has 0 fully saturated rings. The minimum atomic E-state index is -3.73. The summed E-state index contributed by atoms with van der Waals surface area (Å²) < 4.78 is 26.3. The third kappa shape index (κ3) is 4.16. The lowest BCUT2D eigenvalue weighted by Gasteiger charge is -2.17. The van der Waals surface area contributed by atoms with Gasteiger partial charge in [0.05, 0.1) is 10.9 Å². The van der Waals surface area contributed by atoms with Gasteiger partial charge in [-0.2, -0.15) is 4.31 Å². The van der Waals surface area contributed by atoms with E-state index in [1.165, 1.54) is 19.2 Å². The van der Waals surface area contributed by atoms with Crippen molar-refractivity contribution >= 4 is 44.6 Å². The number of rotatable bonds is 5. The van der Waals surface area contributed by atoms with Crippen LogP contribution in [0.1, 0.15) is 16.7 Å². The monoisotopic (exact) mass is 386 g/mol. The predicted molar refractivity (Wildman–Crippen MR) is 98.4 cm³/mol. The van der Waals surface area contributed by atoms with Crippen molar-refractivity contribution in [3.63, 3.8) is 0 Å². The van der Waals surface area contributed by atoms with Gasteiger partial charge < -0.3 is 5.32 Å². The van der Waals surface area contributed by atoms with Crippen LogP contribution in [0.25, 0.3) is 0 Å². The molecule has 0 unspecified atom stereocenters. The molecular weight excluding hydrogens is 368 g/mol. The van der Waals surface area contributed by atoms with Crippen LogP contribution in [-0.2, 0) is 14.8 Å². The van der Waals surface area contributed by atoms with Gasteiger partial charge in [-0.15, -0.1) is 11.3 Å². The quantitative estimate of drug-likeness (QED) is 0.853. The van der Waals surface area contributed by atoms with Crippen LogP contribution in [-0.4, -0.2) is 32.2 Å². The Morgan fingerprint density at radius 2 is 1.79 bits per heavy atom. The standard InChI is InChI=1S/C16H19ClN2O3S2/c1-10-7-11(2)16(12(3)8-10)18-14(20)9-19(4)24(21,22)15-6-5-13(17)23-15/h5-8H,9H2,1-4H3,(H,18,20). The highest BCUT2D eigenvalue weighted by Gasteiger charge is 2.25. The Balaban J connectivity index is 2.13. The fraction of sp³-hybridized carbons (Fsp3) is 0.312. The number of amides is 1. The first-order valence-electron chi connectivity index (χ1n) is 7.20. The number of benzene rings is 1. The second kappa shape index (κ2) is 7.23. The highest BCUT2D eigenvalue weighted by molar-refractivity contribution is 7.91. The summed E-state index contributed by atoms with van der Waals surface area (Å²) in [7, 11) is -2.35. The number of hydrogen-bond donors (Lipinski definition) is 1. The van der Waals surface area contributed by atoms with Gasteiger partial charge >= 0.3 is 0 Å². The molecule has 8 heteroatoms. The number of sulfonamides is 1. The molecule has 0 saturated heterocycles. The maximum absolute atomic E-state index is 12.4. The Hall–Kier alpha value is -1.41. The summed E-state index contributed by atoms with van der Waals surface area (Å²) in [6.07, 6.45) is 0. The van der Waals surface area contributed by atoms with Gasteiger partial charge in [0.1, 0.15) is 4.21 Å². The van der Waals surface area contributed by atoms with Crippen molar-refractivity contribution in [2.45, 2.75) is 25.0 Å². The maximum atomic E-state index is 12.4. The lowest BCUT2D eigenvalue weighted by molar-refractivity contribution is -0.116. The van der Waals surface area contributed by atoms with Gasteiger partial charge in [0.25, 0.3) is 10.0 Å². The van der Waals surface area contributed by atoms with Crippen LogP contribution in [0.5, 0.6) is 0 Å². The molecule has 1 aromatic heterocycles. The minimum absolute atomic E-state index is 0.116. The van der Waals surface area contributed by atoms with E-state index < -0.39 is 15.9 Å². The molecule has 0 spiro atoms. The number of halogens is 1. The van der Waals surface area contributed by atoms with E-state index in [9.17, 15) is 13.2 Å².